The van der Waals surface area contributed by atoms with Gasteiger partial charge in [0.05, 0.1) is 48.2 Å². The van der Waals surface area contributed by atoms with Crippen LogP contribution in [0.4, 0.5) is 0 Å². The number of H-pyrrole nitrogens is 2. The summed E-state index contributed by atoms with van der Waals surface area (Å²) in [5, 5.41) is 1.38. The Labute approximate surface area is 179 Å². The second-order valence-electron chi connectivity index (χ2n) is 6.33. The van der Waals surface area contributed by atoms with E-state index in [-0.39, 0.29) is 0 Å². The molecule has 4 nitrogen and oxygen atoms in total. The molecule has 2 aliphatic rings. The molecule has 0 unspecified atom stereocenters. The van der Waals surface area contributed by atoms with E-state index in [0.717, 1.165) is 22.4 Å². The number of rotatable bonds is 0. The Morgan fingerprint density at radius 3 is 2.11 bits per heavy atom. The van der Waals surface area contributed by atoms with E-state index >= 15 is 0 Å². The van der Waals surface area contributed by atoms with Crippen molar-refractivity contribution < 1.29 is 0 Å². The van der Waals surface area contributed by atoms with Crippen molar-refractivity contribution in [2.75, 3.05) is 0 Å². The van der Waals surface area contributed by atoms with Crippen molar-refractivity contribution in [3.8, 4) is 0 Å². The monoisotopic (exact) mass is 446 g/mol. The highest BCUT2D eigenvalue weighted by molar-refractivity contribution is 6.54. The Hall–Kier alpha value is -2.24. The van der Waals surface area contributed by atoms with Crippen LogP contribution in [0.3, 0.4) is 0 Å². The molecule has 0 aromatic carbocycles. The predicted molar refractivity (Wildman–Crippen MR) is 119 cm³/mol. The molecule has 0 saturated carbocycles. The lowest BCUT2D eigenvalue weighted by Crippen LogP contribution is -1.80. The topological polar surface area (TPSA) is 57.4 Å². The van der Waals surface area contributed by atoms with Gasteiger partial charge in [-0.25, -0.2) is 9.97 Å². The summed E-state index contributed by atoms with van der Waals surface area (Å²) in [7, 11) is 0. The van der Waals surface area contributed by atoms with Gasteiger partial charge in [-0.05, 0) is 48.6 Å². The average molecular weight is 448 g/mol. The number of hydrogen-bond acceptors (Lipinski definition) is 2. The zero-order valence-electron chi connectivity index (χ0n) is 14.0. The van der Waals surface area contributed by atoms with Gasteiger partial charge in [-0.15, -0.1) is 0 Å². The molecule has 5 heterocycles. The first-order valence-corrected chi connectivity index (χ1v) is 9.79. The zero-order chi connectivity index (χ0) is 19.4. The lowest BCUT2D eigenvalue weighted by Gasteiger charge is -1.95. The summed E-state index contributed by atoms with van der Waals surface area (Å²) in [6.07, 6.45) is 5.58. The van der Waals surface area contributed by atoms with E-state index in [2.05, 4.69) is 19.9 Å². The Balaban J connectivity index is 1.95. The predicted octanol–water partition coefficient (Wildman–Crippen LogP) is 7.18. The van der Waals surface area contributed by atoms with E-state index in [1.165, 1.54) is 0 Å². The Kier molecular flexibility index (Phi) is 4.25. The van der Waals surface area contributed by atoms with E-state index in [0.29, 0.717) is 42.5 Å². The molecule has 8 bridgehead atoms. The van der Waals surface area contributed by atoms with Gasteiger partial charge in [0.15, 0.2) is 0 Å². The first-order chi connectivity index (χ1) is 13.5. The molecular formula is C20H10Cl4N4. The minimum Gasteiger partial charge on any atom is -0.355 e. The van der Waals surface area contributed by atoms with Crippen molar-refractivity contribution in [1.82, 2.24) is 19.9 Å². The van der Waals surface area contributed by atoms with Crippen LogP contribution in [-0.4, -0.2) is 19.9 Å². The Bertz CT molecular complexity index is 1360. The fourth-order valence-corrected chi connectivity index (χ4v) is 4.17. The molecule has 0 saturated heterocycles. The van der Waals surface area contributed by atoms with Crippen LogP contribution < -0.4 is 0 Å². The maximum atomic E-state index is 6.58. The maximum Gasteiger partial charge on any atom is 0.103 e. The zero-order valence-corrected chi connectivity index (χ0v) is 17.0. The Morgan fingerprint density at radius 1 is 0.679 bits per heavy atom. The van der Waals surface area contributed by atoms with E-state index in [1.54, 1.807) is 6.08 Å². The van der Waals surface area contributed by atoms with Crippen molar-refractivity contribution >= 4 is 91.7 Å². The SMILES string of the molecule is ClC1=Cc2cc3ccc(cc4nc(cc5[nH]c(c(Cl)c1n2)c(Cl)c5Cl)C=C4)[nH]3. The summed E-state index contributed by atoms with van der Waals surface area (Å²) in [6.45, 7) is 0. The average Bonchev–Trinajstić information content (AvgIpc) is 3.42. The molecule has 0 atom stereocenters. The summed E-state index contributed by atoms with van der Waals surface area (Å²) in [5.41, 5.74) is 5.54. The van der Waals surface area contributed by atoms with Crippen LogP contribution in [0.2, 0.25) is 15.1 Å². The largest absolute Gasteiger partial charge is 0.355 e. The highest BCUT2D eigenvalue weighted by Crippen LogP contribution is 2.38. The minimum absolute atomic E-state index is 0.292. The van der Waals surface area contributed by atoms with Crippen LogP contribution in [0.1, 0.15) is 22.8 Å². The van der Waals surface area contributed by atoms with Crippen LogP contribution in [-0.2, 0) is 0 Å². The highest BCUT2D eigenvalue weighted by Gasteiger charge is 2.17. The van der Waals surface area contributed by atoms with E-state index in [9.17, 15) is 0 Å². The van der Waals surface area contributed by atoms with Crippen molar-refractivity contribution in [2.24, 2.45) is 0 Å². The molecule has 0 radical (unpaired) electrons. The molecular weight excluding hydrogens is 438 g/mol. The molecule has 8 heteroatoms. The lowest BCUT2D eigenvalue weighted by molar-refractivity contribution is 1.31. The van der Waals surface area contributed by atoms with Crippen molar-refractivity contribution in [3.63, 3.8) is 0 Å². The van der Waals surface area contributed by atoms with Crippen molar-refractivity contribution in [1.29, 1.82) is 0 Å². The molecule has 2 aliphatic heterocycles. The van der Waals surface area contributed by atoms with E-state index in [4.69, 9.17) is 46.4 Å². The molecule has 0 amide bonds. The summed E-state index contributed by atoms with van der Waals surface area (Å²) in [6, 6.07) is 9.58. The van der Waals surface area contributed by atoms with Gasteiger partial charge in [-0.2, -0.15) is 0 Å². The van der Waals surface area contributed by atoms with Crippen LogP contribution in [0.25, 0.3) is 45.3 Å². The van der Waals surface area contributed by atoms with Gasteiger partial charge in [-0.1, -0.05) is 46.4 Å². The number of nitrogens with zero attached hydrogens (tertiary/aromatic N) is 2. The summed E-state index contributed by atoms with van der Waals surface area (Å²) in [4.78, 5) is 15.6. The summed E-state index contributed by atoms with van der Waals surface area (Å²) in [5.74, 6) is 0. The lowest BCUT2D eigenvalue weighted by atomic mass is 10.3. The molecule has 0 fully saturated rings. The normalized spacial score (nSPS) is 13.1. The van der Waals surface area contributed by atoms with E-state index in [1.807, 2.05) is 42.5 Å². The van der Waals surface area contributed by atoms with Crippen LogP contribution >= 0.6 is 46.4 Å². The molecule has 5 rings (SSSR count). The molecule has 28 heavy (non-hydrogen) atoms. The third-order valence-corrected chi connectivity index (χ3v) is 5.91. The standard InChI is InChI=1S/C20H10Cl4N4/c21-14-7-13-6-11-2-1-9(25-11)5-10-3-4-12(26-10)8-15-16(22)17(23)20(28-15)18(24)19(14)27-13/h1-8,25,28H. The maximum absolute atomic E-state index is 6.58. The summed E-state index contributed by atoms with van der Waals surface area (Å²) < 4.78 is 0. The second kappa shape index (κ2) is 6.68. The van der Waals surface area contributed by atoms with Crippen LogP contribution in [0.5, 0.6) is 0 Å². The molecule has 3 aromatic rings. The molecule has 0 aliphatic carbocycles. The van der Waals surface area contributed by atoms with Gasteiger partial charge in [0.2, 0.25) is 0 Å². The molecule has 3 aromatic heterocycles. The van der Waals surface area contributed by atoms with Crippen molar-refractivity contribution in [2.45, 2.75) is 0 Å². The van der Waals surface area contributed by atoms with Gasteiger partial charge < -0.3 is 9.97 Å². The van der Waals surface area contributed by atoms with Gasteiger partial charge in [0, 0.05) is 11.0 Å². The number of halogens is 4. The third-order valence-electron chi connectivity index (χ3n) is 4.39. The minimum atomic E-state index is 0.292. The van der Waals surface area contributed by atoms with Crippen LogP contribution in [0.15, 0.2) is 30.3 Å². The number of fused-ring (bicyclic) bond motifs is 8. The van der Waals surface area contributed by atoms with Crippen molar-refractivity contribution in [3.05, 3.63) is 68.2 Å². The molecule has 138 valence electrons. The van der Waals surface area contributed by atoms with Gasteiger partial charge in [0.25, 0.3) is 0 Å². The van der Waals surface area contributed by atoms with Gasteiger partial charge >= 0.3 is 0 Å². The molecule has 2 N–H and O–H groups in total. The number of aromatic nitrogens is 4. The van der Waals surface area contributed by atoms with Crippen LogP contribution in [0, 0.1) is 0 Å². The Morgan fingerprint density at radius 2 is 1.36 bits per heavy atom. The van der Waals surface area contributed by atoms with Gasteiger partial charge in [-0.3, -0.25) is 0 Å². The highest BCUT2D eigenvalue weighted by atomic mass is 35.5. The first-order valence-electron chi connectivity index (χ1n) is 8.28. The fourth-order valence-electron chi connectivity index (χ4n) is 3.10. The smallest absolute Gasteiger partial charge is 0.103 e. The van der Waals surface area contributed by atoms with E-state index < -0.39 is 0 Å². The number of aromatic amines is 2. The second-order valence-corrected chi connectivity index (χ2v) is 7.87. The van der Waals surface area contributed by atoms with Gasteiger partial charge in [0.1, 0.15) is 5.69 Å². The summed E-state index contributed by atoms with van der Waals surface area (Å²) >= 11 is 25.8. The third kappa shape index (κ3) is 3.03. The quantitative estimate of drug-likeness (QED) is 0.299. The number of nitrogens with one attached hydrogen (secondary N) is 2. The fraction of sp³-hybridized carbons (Fsp3) is 0. The molecule has 0 spiro atoms. The number of hydrogen-bond donors (Lipinski definition) is 2. The first kappa shape index (κ1) is 17.8.